The lowest BCUT2D eigenvalue weighted by molar-refractivity contribution is -0.0880. The minimum Gasteiger partial charge on any atom is -0.492 e. The lowest BCUT2D eigenvalue weighted by Gasteiger charge is -2.47. The standard InChI is InChI=1S/C20H22O2/c1-21-19-18-16-5-3-2-4-14(16)7-9-17(18)22-12-20(19)11-13-6-8-15(20)10-13/h2-5,7,9,13,15,19H,6,8,10-12H2,1H3. The zero-order valence-electron chi connectivity index (χ0n) is 13.0. The van der Waals surface area contributed by atoms with Crippen molar-refractivity contribution >= 4 is 10.8 Å². The van der Waals surface area contributed by atoms with Gasteiger partial charge in [-0.1, -0.05) is 36.8 Å². The molecule has 0 amide bonds. The molecule has 4 unspecified atom stereocenters. The lowest BCUT2D eigenvalue weighted by atomic mass is 9.66. The Balaban J connectivity index is 1.73. The van der Waals surface area contributed by atoms with Crippen molar-refractivity contribution in [1.29, 1.82) is 0 Å². The molecule has 5 rings (SSSR count). The lowest BCUT2D eigenvalue weighted by Crippen LogP contribution is -2.43. The highest BCUT2D eigenvalue weighted by Crippen LogP contribution is 2.64. The average molecular weight is 294 g/mol. The number of benzene rings is 2. The average Bonchev–Trinajstić information content (AvgIpc) is 3.16. The van der Waals surface area contributed by atoms with Crippen molar-refractivity contribution in [2.45, 2.75) is 31.8 Å². The molecule has 2 aliphatic carbocycles. The maximum atomic E-state index is 6.27. The monoisotopic (exact) mass is 294 g/mol. The maximum Gasteiger partial charge on any atom is 0.125 e. The third kappa shape index (κ3) is 1.54. The molecule has 2 aromatic carbocycles. The second-order valence-corrected chi connectivity index (χ2v) is 7.42. The van der Waals surface area contributed by atoms with E-state index in [1.54, 1.807) is 0 Å². The van der Waals surface area contributed by atoms with Crippen molar-refractivity contribution in [3.8, 4) is 5.75 Å². The van der Waals surface area contributed by atoms with Crippen LogP contribution in [0.5, 0.6) is 5.75 Å². The van der Waals surface area contributed by atoms with E-state index in [0.717, 1.165) is 24.2 Å². The second kappa shape index (κ2) is 4.48. The zero-order valence-corrected chi connectivity index (χ0v) is 13.0. The van der Waals surface area contributed by atoms with Crippen LogP contribution < -0.4 is 4.74 Å². The number of methoxy groups -OCH3 is 1. The molecule has 0 N–H and O–H groups in total. The number of ether oxygens (including phenoxy) is 2. The molecule has 114 valence electrons. The van der Waals surface area contributed by atoms with E-state index in [2.05, 4.69) is 36.4 Å². The molecule has 2 saturated carbocycles. The summed E-state index contributed by atoms with van der Waals surface area (Å²) in [7, 11) is 1.88. The first-order valence-corrected chi connectivity index (χ1v) is 8.49. The minimum absolute atomic E-state index is 0.178. The van der Waals surface area contributed by atoms with Gasteiger partial charge in [0.15, 0.2) is 0 Å². The third-order valence-electron chi connectivity index (χ3n) is 6.47. The summed E-state index contributed by atoms with van der Waals surface area (Å²) in [4.78, 5) is 0. The number of hydrogen-bond acceptors (Lipinski definition) is 2. The molecule has 0 saturated heterocycles. The van der Waals surface area contributed by atoms with E-state index in [1.165, 1.54) is 42.0 Å². The van der Waals surface area contributed by atoms with Crippen molar-refractivity contribution < 1.29 is 9.47 Å². The van der Waals surface area contributed by atoms with E-state index >= 15 is 0 Å². The third-order valence-corrected chi connectivity index (χ3v) is 6.47. The predicted octanol–water partition coefficient (Wildman–Crippen LogP) is 4.73. The minimum atomic E-state index is 0.178. The molecular formula is C20H22O2. The zero-order chi connectivity index (χ0) is 14.7. The first-order chi connectivity index (χ1) is 10.8. The Morgan fingerprint density at radius 2 is 2.05 bits per heavy atom. The molecule has 4 atom stereocenters. The summed E-state index contributed by atoms with van der Waals surface area (Å²) < 4.78 is 12.4. The van der Waals surface area contributed by atoms with Gasteiger partial charge < -0.3 is 9.47 Å². The fourth-order valence-electron chi connectivity index (χ4n) is 5.58. The summed E-state index contributed by atoms with van der Waals surface area (Å²) in [6.45, 7) is 0.831. The molecule has 1 spiro atoms. The summed E-state index contributed by atoms with van der Waals surface area (Å²) >= 11 is 0. The van der Waals surface area contributed by atoms with Gasteiger partial charge in [0.05, 0.1) is 12.7 Å². The summed E-state index contributed by atoms with van der Waals surface area (Å²) in [5.74, 6) is 2.69. The highest BCUT2D eigenvalue weighted by atomic mass is 16.5. The topological polar surface area (TPSA) is 18.5 Å². The Morgan fingerprint density at radius 3 is 2.82 bits per heavy atom. The van der Waals surface area contributed by atoms with Crippen LogP contribution in [0.1, 0.15) is 37.4 Å². The van der Waals surface area contributed by atoms with Crippen LogP contribution in [-0.2, 0) is 4.74 Å². The Bertz CT molecular complexity index is 738. The summed E-state index contributed by atoms with van der Waals surface area (Å²) in [6, 6.07) is 12.9. The van der Waals surface area contributed by atoms with Crippen molar-refractivity contribution in [3.63, 3.8) is 0 Å². The molecule has 2 heteroatoms. The van der Waals surface area contributed by atoms with Crippen LogP contribution in [-0.4, -0.2) is 13.7 Å². The van der Waals surface area contributed by atoms with Gasteiger partial charge in [0, 0.05) is 18.1 Å². The van der Waals surface area contributed by atoms with E-state index in [9.17, 15) is 0 Å². The number of rotatable bonds is 1. The Kier molecular flexibility index (Phi) is 2.64. The first kappa shape index (κ1) is 13.0. The van der Waals surface area contributed by atoms with Gasteiger partial charge in [-0.2, -0.15) is 0 Å². The van der Waals surface area contributed by atoms with Gasteiger partial charge in [-0.15, -0.1) is 0 Å². The molecule has 1 aliphatic heterocycles. The summed E-state index contributed by atoms with van der Waals surface area (Å²) in [5.41, 5.74) is 1.49. The normalized spacial score (nSPS) is 35.8. The highest BCUT2D eigenvalue weighted by Gasteiger charge is 2.58. The van der Waals surface area contributed by atoms with Gasteiger partial charge in [0.25, 0.3) is 0 Å². The Morgan fingerprint density at radius 1 is 1.14 bits per heavy atom. The van der Waals surface area contributed by atoms with Crippen LogP contribution in [0.3, 0.4) is 0 Å². The number of hydrogen-bond donors (Lipinski definition) is 0. The van der Waals surface area contributed by atoms with E-state index < -0.39 is 0 Å². The van der Waals surface area contributed by atoms with E-state index in [1.807, 2.05) is 7.11 Å². The van der Waals surface area contributed by atoms with Crippen molar-refractivity contribution in [2.24, 2.45) is 17.3 Å². The van der Waals surface area contributed by atoms with Crippen LogP contribution in [0.25, 0.3) is 10.8 Å². The second-order valence-electron chi connectivity index (χ2n) is 7.42. The molecule has 2 nitrogen and oxygen atoms in total. The quantitative estimate of drug-likeness (QED) is 0.757. The van der Waals surface area contributed by atoms with Gasteiger partial charge in [0.1, 0.15) is 5.75 Å². The summed E-state index contributed by atoms with van der Waals surface area (Å²) in [6.07, 6.45) is 5.60. The predicted molar refractivity (Wildman–Crippen MR) is 87.1 cm³/mol. The van der Waals surface area contributed by atoms with Gasteiger partial charge in [-0.3, -0.25) is 0 Å². The molecule has 2 fully saturated rings. The molecule has 2 aromatic rings. The largest absolute Gasteiger partial charge is 0.492 e. The van der Waals surface area contributed by atoms with Crippen LogP contribution in [0.4, 0.5) is 0 Å². The van der Waals surface area contributed by atoms with Crippen molar-refractivity contribution in [1.82, 2.24) is 0 Å². The van der Waals surface area contributed by atoms with Crippen LogP contribution in [0, 0.1) is 17.3 Å². The van der Waals surface area contributed by atoms with Gasteiger partial charge in [-0.05, 0) is 47.9 Å². The van der Waals surface area contributed by atoms with Crippen molar-refractivity contribution in [2.75, 3.05) is 13.7 Å². The fraction of sp³-hybridized carbons (Fsp3) is 0.500. The van der Waals surface area contributed by atoms with E-state index in [0.29, 0.717) is 0 Å². The van der Waals surface area contributed by atoms with Crippen LogP contribution in [0.15, 0.2) is 36.4 Å². The van der Waals surface area contributed by atoms with Crippen LogP contribution >= 0.6 is 0 Å². The first-order valence-electron chi connectivity index (χ1n) is 8.49. The van der Waals surface area contributed by atoms with Crippen LogP contribution in [0.2, 0.25) is 0 Å². The van der Waals surface area contributed by atoms with Crippen molar-refractivity contribution in [3.05, 3.63) is 42.0 Å². The molecule has 1 heterocycles. The Hall–Kier alpha value is -1.54. The highest BCUT2D eigenvalue weighted by molar-refractivity contribution is 5.88. The molecule has 22 heavy (non-hydrogen) atoms. The SMILES string of the molecule is COC1c2c(ccc3ccccc23)OCC12CC1CCC2C1. The van der Waals surface area contributed by atoms with E-state index in [-0.39, 0.29) is 11.5 Å². The fourth-order valence-corrected chi connectivity index (χ4v) is 5.58. The Labute approximate surface area is 131 Å². The maximum absolute atomic E-state index is 6.27. The smallest absolute Gasteiger partial charge is 0.125 e. The molecule has 3 aliphatic rings. The van der Waals surface area contributed by atoms with Gasteiger partial charge in [-0.25, -0.2) is 0 Å². The molecule has 0 aromatic heterocycles. The van der Waals surface area contributed by atoms with E-state index in [4.69, 9.17) is 9.47 Å². The number of fused-ring (bicyclic) bond motifs is 6. The molecule has 0 radical (unpaired) electrons. The molecule has 2 bridgehead atoms. The summed E-state index contributed by atoms with van der Waals surface area (Å²) in [5, 5.41) is 2.58. The van der Waals surface area contributed by atoms with Gasteiger partial charge in [0.2, 0.25) is 0 Å². The molecular weight excluding hydrogens is 272 g/mol. The van der Waals surface area contributed by atoms with Gasteiger partial charge >= 0.3 is 0 Å².